The summed E-state index contributed by atoms with van der Waals surface area (Å²) in [5.41, 5.74) is 1.39. The van der Waals surface area contributed by atoms with Gasteiger partial charge in [0, 0.05) is 24.9 Å². The topological polar surface area (TPSA) is 78.9 Å². The molecule has 1 heterocycles. The number of carboxylic acid groups (broad SMARTS) is 1. The molecule has 2 aromatic carbocycles. The highest BCUT2D eigenvalue weighted by Crippen LogP contribution is 2.33. The van der Waals surface area contributed by atoms with Crippen LogP contribution in [0, 0.1) is 11.6 Å². The Morgan fingerprint density at radius 3 is 2.39 bits per heavy atom. The van der Waals surface area contributed by atoms with Crippen molar-refractivity contribution in [2.45, 2.75) is 45.3 Å². The predicted molar refractivity (Wildman–Crippen MR) is 112 cm³/mol. The monoisotopic (exact) mass is 432 g/mol. The van der Waals surface area contributed by atoms with E-state index >= 15 is 0 Å². The number of fused-ring (bicyclic) bond motifs is 1. The molecule has 3 rings (SSSR count). The van der Waals surface area contributed by atoms with Crippen molar-refractivity contribution >= 4 is 17.7 Å². The number of rotatable bonds is 4. The molecular weight excluding hydrogens is 406 g/mol. The molecule has 0 saturated carbocycles. The maximum atomic E-state index is 14.6. The van der Waals surface area contributed by atoms with Crippen molar-refractivity contribution in [2.75, 3.05) is 19.0 Å². The molecule has 1 aliphatic rings. The number of hydrogen-bond donors (Lipinski definition) is 2. The second-order valence-corrected chi connectivity index (χ2v) is 8.65. The van der Waals surface area contributed by atoms with Crippen LogP contribution in [0.1, 0.15) is 49.1 Å². The van der Waals surface area contributed by atoms with E-state index in [9.17, 15) is 23.5 Å². The Morgan fingerprint density at radius 1 is 1.19 bits per heavy atom. The van der Waals surface area contributed by atoms with Gasteiger partial charge in [0.1, 0.15) is 17.7 Å². The molecule has 0 bridgehead atoms. The van der Waals surface area contributed by atoms with E-state index in [-0.39, 0.29) is 17.8 Å². The van der Waals surface area contributed by atoms with Gasteiger partial charge in [0.2, 0.25) is 0 Å². The third kappa shape index (κ3) is 4.69. The summed E-state index contributed by atoms with van der Waals surface area (Å²) < 4.78 is 34.2. The molecule has 0 aromatic heterocycles. The molecule has 2 N–H and O–H groups in total. The molecule has 2 amide bonds. The van der Waals surface area contributed by atoms with Gasteiger partial charge in [-0.1, -0.05) is 39.0 Å². The number of carbonyl (C=O) groups is 2. The Balaban J connectivity index is 1.95. The molecule has 8 heteroatoms. The fraction of sp³-hybridized carbons (Fsp3) is 0.391. The van der Waals surface area contributed by atoms with Crippen LogP contribution in [0.4, 0.5) is 19.3 Å². The lowest BCUT2D eigenvalue weighted by Crippen LogP contribution is -2.44. The normalized spacial score (nSPS) is 16.1. The highest BCUT2D eigenvalue weighted by atomic mass is 19.1. The molecular formula is C23H26F2N2O4. The van der Waals surface area contributed by atoms with Crippen molar-refractivity contribution < 1.29 is 28.2 Å². The van der Waals surface area contributed by atoms with Crippen LogP contribution in [0.15, 0.2) is 30.3 Å². The van der Waals surface area contributed by atoms with Crippen molar-refractivity contribution in [3.8, 4) is 0 Å². The number of nitrogens with zero attached hydrogens (tertiary/aromatic N) is 1. The first-order valence-corrected chi connectivity index (χ1v) is 9.93. The predicted octanol–water partition coefficient (Wildman–Crippen LogP) is 4.62. The van der Waals surface area contributed by atoms with Crippen molar-refractivity contribution in [1.82, 2.24) is 4.90 Å². The van der Waals surface area contributed by atoms with Gasteiger partial charge in [0.15, 0.2) is 0 Å². The Labute approximate surface area is 179 Å². The van der Waals surface area contributed by atoms with E-state index in [1.165, 1.54) is 0 Å². The van der Waals surface area contributed by atoms with Gasteiger partial charge in [-0.15, -0.1) is 0 Å². The van der Waals surface area contributed by atoms with E-state index in [0.29, 0.717) is 18.6 Å². The Hall–Kier alpha value is -3.00. The van der Waals surface area contributed by atoms with Crippen molar-refractivity contribution in [2.24, 2.45) is 0 Å². The lowest BCUT2D eigenvalue weighted by atomic mass is 9.86. The zero-order chi connectivity index (χ0) is 22.9. The zero-order valence-electron chi connectivity index (χ0n) is 18.0. The van der Waals surface area contributed by atoms with Crippen molar-refractivity contribution in [3.05, 3.63) is 64.2 Å². The van der Waals surface area contributed by atoms with Crippen LogP contribution < -0.4 is 5.32 Å². The second-order valence-electron chi connectivity index (χ2n) is 8.65. The summed E-state index contributed by atoms with van der Waals surface area (Å²) >= 11 is 0. The first-order valence-electron chi connectivity index (χ1n) is 9.93. The maximum Gasteiger partial charge on any atom is 0.408 e. The fourth-order valence-electron chi connectivity index (χ4n) is 4.00. The van der Waals surface area contributed by atoms with E-state index in [0.717, 1.165) is 28.2 Å². The number of nitrogens with one attached hydrogen (secondary N) is 1. The van der Waals surface area contributed by atoms with E-state index in [4.69, 9.17) is 4.74 Å². The highest BCUT2D eigenvalue weighted by molar-refractivity contribution is 5.97. The Kier molecular flexibility index (Phi) is 6.31. The molecule has 166 valence electrons. The molecule has 0 saturated heterocycles. The number of halogens is 2. The average Bonchev–Trinajstić information content (AvgIpc) is 2.65. The standard InChI is InChI=1S/C23H26F2N2O4/c1-23(2,3)19-17(24)10-15(11-18(19)25)26-21(28)20-16-6-5-13(12-31-4)9-14(16)7-8-27(20)22(29)30/h5-6,9-11,20H,7-8,12H2,1-4H3,(H,26,28)(H,29,30). The number of ether oxygens (including phenoxy) is 1. The fourth-order valence-corrected chi connectivity index (χ4v) is 4.00. The summed E-state index contributed by atoms with van der Waals surface area (Å²) in [6, 6.07) is 6.33. The van der Waals surface area contributed by atoms with Gasteiger partial charge in [-0.25, -0.2) is 13.6 Å². The summed E-state index contributed by atoms with van der Waals surface area (Å²) in [7, 11) is 1.57. The summed E-state index contributed by atoms with van der Waals surface area (Å²) in [5.74, 6) is -2.22. The van der Waals surface area contributed by atoms with Gasteiger partial charge in [-0.05, 0) is 40.7 Å². The quantitative estimate of drug-likeness (QED) is 0.739. The Morgan fingerprint density at radius 2 is 1.84 bits per heavy atom. The molecule has 1 unspecified atom stereocenters. The van der Waals surface area contributed by atoms with Gasteiger partial charge in [0.25, 0.3) is 5.91 Å². The van der Waals surface area contributed by atoms with Crippen LogP contribution >= 0.6 is 0 Å². The smallest absolute Gasteiger partial charge is 0.408 e. The first kappa shape index (κ1) is 22.7. The van der Waals surface area contributed by atoms with Gasteiger partial charge < -0.3 is 15.2 Å². The minimum Gasteiger partial charge on any atom is -0.465 e. The van der Waals surface area contributed by atoms with E-state index < -0.39 is 35.1 Å². The molecule has 0 fully saturated rings. The number of amides is 2. The van der Waals surface area contributed by atoms with Gasteiger partial charge in [-0.3, -0.25) is 9.69 Å². The highest BCUT2D eigenvalue weighted by Gasteiger charge is 2.36. The summed E-state index contributed by atoms with van der Waals surface area (Å²) in [6.45, 7) is 5.59. The molecule has 2 aromatic rings. The first-order chi connectivity index (χ1) is 14.5. The van der Waals surface area contributed by atoms with Gasteiger partial charge >= 0.3 is 6.09 Å². The third-order valence-corrected chi connectivity index (χ3v) is 5.30. The van der Waals surface area contributed by atoms with Crippen molar-refractivity contribution in [1.29, 1.82) is 0 Å². The van der Waals surface area contributed by atoms with E-state index in [2.05, 4.69) is 5.32 Å². The lowest BCUT2D eigenvalue weighted by molar-refractivity contribution is -0.121. The van der Waals surface area contributed by atoms with E-state index in [1.54, 1.807) is 40.0 Å². The molecule has 0 spiro atoms. The minimum atomic E-state index is -1.24. The van der Waals surface area contributed by atoms with Crippen LogP contribution in [0.5, 0.6) is 0 Å². The summed E-state index contributed by atoms with van der Waals surface area (Å²) in [6.07, 6.45) is -0.792. The van der Waals surface area contributed by atoms with Crippen LogP contribution in [-0.4, -0.2) is 35.7 Å². The van der Waals surface area contributed by atoms with E-state index in [1.807, 2.05) is 6.07 Å². The zero-order valence-corrected chi connectivity index (χ0v) is 18.0. The average molecular weight is 432 g/mol. The van der Waals surface area contributed by atoms with Crippen molar-refractivity contribution in [3.63, 3.8) is 0 Å². The van der Waals surface area contributed by atoms with Crippen LogP contribution in [0.25, 0.3) is 0 Å². The summed E-state index contributed by atoms with van der Waals surface area (Å²) in [4.78, 5) is 25.9. The molecule has 6 nitrogen and oxygen atoms in total. The third-order valence-electron chi connectivity index (χ3n) is 5.30. The van der Waals surface area contributed by atoms with Crippen LogP contribution in [0.2, 0.25) is 0 Å². The van der Waals surface area contributed by atoms with Gasteiger partial charge in [0.05, 0.1) is 6.61 Å². The van der Waals surface area contributed by atoms with Gasteiger partial charge in [-0.2, -0.15) is 0 Å². The SMILES string of the molecule is COCc1ccc2c(c1)CCN(C(=O)O)C2C(=O)Nc1cc(F)c(C(C)(C)C)c(F)c1. The number of carbonyl (C=O) groups excluding carboxylic acids is 1. The Bertz CT molecular complexity index is 994. The number of hydrogen-bond acceptors (Lipinski definition) is 3. The molecule has 31 heavy (non-hydrogen) atoms. The second kappa shape index (κ2) is 8.63. The largest absolute Gasteiger partial charge is 0.465 e. The molecule has 0 aliphatic carbocycles. The maximum absolute atomic E-state index is 14.6. The molecule has 1 aliphatic heterocycles. The minimum absolute atomic E-state index is 0.0681. The summed E-state index contributed by atoms with van der Waals surface area (Å²) in [5, 5.41) is 12.1. The number of anilines is 1. The van der Waals surface area contributed by atoms with Crippen LogP contribution in [-0.2, 0) is 28.0 Å². The number of benzene rings is 2. The number of methoxy groups -OCH3 is 1. The molecule has 0 radical (unpaired) electrons. The lowest BCUT2D eigenvalue weighted by Gasteiger charge is -2.34. The van der Waals surface area contributed by atoms with Crippen LogP contribution in [0.3, 0.4) is 0 Å². The molecule has 1 atom stereocenters.